The SMILES string of the molecule is OCC#Cc1ccccc1COC1CCCC1. The largest absolute Gasteiger partial charge is 0.384 e. The molecular formula is C15H18O2. The lowest BCUT2D eigenvalue weighted by atomic mass is 10.1. The van der Waals surface area contributed by atoms with E-state index >= 15 is 0 Å². The smallest absolute Gasteiger partial charge is 0.104 e. The van der Waals surface area contributed by atoms with Crippen LogP contribution in [0.25, 0.3) is 0 Å². The summed E-state index contributed by atoms with van der Waals surface area (Å²) in [6.45, 7) is 0.527. The zero-order valence-electron chi connectivity index (χ0n) is 9.98. The van der Waals surface area contributed by atoms with Gasteiger partial charge in [-0.05, 0) is 24.5 Å². The maximum absolute atomic E-state index is 8.72. The molecule has 0 saturated heterocycles. The summed E-state index contributed by atoms with van der Waals surface area (Å²) in [7, 11) is 0. The zero-order chi connectivity index (χ0) is 11.9. The monoisotopic (exact) mass is 230 g/mol. The van der Waals surface area contributed by atoms with Crippen molar-refractivity contribution in [3.05, 3.63) is 35.4 Å². The summed E-state index contributed by atoms with van der Waals surface area (Å²) in [5, 5.41) is 8.72. The van der Waals surface area contributed by atoms with Gasteiger partial charge in [0.05, 0.1) is 12.7 Å². The normalized spacial score (nSPS) is 15.6. The van der Waals surface area contributed by atoms with E-state index in [1.807, 2.05) is 24.3 Å². The molecule has 0 atom stereocenters. The molecule has 0 radical (unpaired) electrons. The van der Waals surface area contributed by atoms with Crippen molar-refractivity contribution in [2.24, 2.45) is 0 Å². The second-order valence-corrected chi connectivity index (χ2v) is 4.33. The molecule has 17 heavy (non-hydrogen) atoms. The molecule has 1 N–H and O–H groups in total. The first-order valence-corrected chi connectivity index (χ1v) is 6.19. The summed E-state index contributed by atoms with van der Waals surface area (Å²) in [5.41, 5.74) is 2.07. The molecule has 0 aromatic heterocycles. The lowest BCUT2D eigenvalue weighted by Gasteiger charge is -2.11. The van der Waals surface area contributed by atoms with E-state index in [4.69, 9.17) is 9.84 Å². The van der Waals surface area contributed by atoms with Crippen LogP contribution in [0, 0.1) is 11.8 Å². The third-order valence-electron chi connectivity index (χ3n) is 3.10. The van der Waals surface area contributed by atoms with E-state index in [2.05, 4.69) is 11.8 Å². The highest BCUT2D eigenvalue weighted by molar-refractivity contribution is 5.40. The van der Waals surface area contributed by atoms with Gasteiger partial charge < -0.3 is 9.84 Å². The maximum atomic E-state index is 8.72. The van der Waals surface area contributed by atoms with Crippen molar-refractivity contribution < 1.29 is 9.84 Å². The van der Waals surface area contributed by atoms with Gasteiger partial charge in [-0.2, -0.15) is 0 Å². The number of benzene rings is 1. The van der Waals surface area contributed by atoms with E-state index in [0.717, 1.165) is 11.1 Å². The van der Waals surface area contributed by atoms with Gasteiger partial charge in [0.15, 0.2) is 0 Å². The predicted molar refractivity (Wildman–Crippen MR) is 67.5 cm³/mol. The third kappa shape index (κ3) is 3.59. The summed E-state index contributed by atoms with van der Waals surface area (Å²) in [6.07, 6.45) is 5.37. The van der Waals surface area contributed by atoms with E-state index in [1.54, 1.807) is 0 Å². The van der Waals surface area contributed by atoms with E-state index in [0.29, 0.717) is 12.7 Å². The van der Waals surface area contributed by atoms with E-state index in [-0.39, 0.29) is 6.61 Å². The van der Waals surface area contributed by atoms with Crippen LogP contribution in [-0.4, -0.2) is 17.8 Å². The second kappa shape index (κ2) is 6.44. The Hall–Kier alpha value is -1.30. The van der Waals surface area contributed by atoms with Gasteiger partial charge >= 0.3 is 0 Å². The first kappa shape index (κ1) is 12.2. The number of hydrogen-bond acceptors (Lipinski definition) is 2. The third-order valence-corrected chi connectivity index (χ3v) is 3.10. The Labute approximate surface area is 103 Å². The molecule has 2 rings (SSSR count). The maximum Gasteiger partial charge on any atom is 0.104 e. The molecule has 90 valence electrons. The van der Waals surface area contributed by atoms with Gasteiger partial charge in [-0.1, -0.05) is 42.9 Å². The molecule has 0 unspecified atom stereocenters. The van der Waals surface area contributed by atoms with E-state index in [1.165, 1.54) is 25.7 Å². The fourth-order valence-electron chi connectivity index (χ4n) is 2.17. The molecule has 0 amide bonds. The first-order valence-electron chi connectivity index (χ1n) is 6.19. The molecule has 0 heterocycles. The zero-order valence-corrected chi connectivity index (χ0v) is 9.98. The van der Waals surface area contributed by atoms with Crippen LogP contribution in [-0.2, 0) is 11.3 Å². The highest BCUT2D eigenvalue weighted by Gasteiger charge is 2.15. The van der Waals surface area contributed by atoms with Gasteiger partial charge in [-0.25, -0.2) is 0 Å². The van der Waals surface area contributed by atoms with Crippen LogP contribution in [0.2, 0.25) is 0 Å². The van der Waals surface area contributed by atoms with Gasteiger partial charge in [0, 0.05) is 5.56 Å². The van der Waals surface area contributed by atoms with Crippen LogP contribution in [0.1, 0.15) is 36.8 Å². The summed E-state index contributed by atoms with van der Waals surface area (Å²) >= 11 is 0. The predicted octanol–water partition coefficient (Wildman–Crippen LogP) is 2.49. The number of hydrogen-bond donors (Lipinski definition) is 1. The first-order chi connectivity index (χ1) is 8.40. The van der Waals surface area contributed by atoms with Crippen molar-refractivity contribution in [3.8, 4) is 11.8 Å². The molecule has 2 nitrogen and oxygen atoms in total. The Morgan fingerprint density at radius 2 is 2.00 bits per heavy atom. The van der Waals surface area contributed by atoms with Crippen LogP contribution in [0.3, 0.4) is 0 Å². The van der Waals surface area contributed by atoms with Crippen LogP contribution in [0.5, 0.6) is 0 Å². The Bertz CT molecular complexity index is 408. The van der Waals surface area contributed by atoms with E-state index in [9.17, 15) is 0 Å². The summed E-state index contributed by atoms with van der Waals surface area (Å²) in [6, 6.07) is 7.96. The topological polar surface area (TPSA) is 29.5 Å². The minimum absolute atomic E-state index is 0.0994. The van der Waals surface area contributed by atoms with Crippen LogP contribution in [0.4, 0.5) is 0 Å². The van der Waals surface area contributed by atoms with Gasteiger partial charge in [-0.15, -0.1) is 0 Å². The molecule has 0 aliphatic heterocycles. The number of aliphatic hydroxyl groups is 1. The standard InChI is InChI=1S/C15H18O2/c16-11-5-8-13-6-1-2-7-14(13)12-17-15-9-3-4-10-15/h1-2,6-7,15-16H,3-4,9-12H2. The van der Waals surface area contributed by atoms with Crippen LogP contribution < -0.4 is 0 Å². The second-order valence-electron chi connectivity index (χ2n) is 4.33. The number of rotatable bonds is 3. The Kier molecular flexibility index (Phi) is 4.61. The average Bonchev–Trinajstić information content (AvgIpc) is 2.88. The Balaban J connectivity index is 1.98. The fraction of sp³-hybridized carbons (Fsp3) is 0.467. The van der Waals surface area contributed by atoms with Crippen molar-refractivity contribution in [1.82, 2.24) is 0 Å². The molecule has 1 aliphatic carbocycles. The summed E-state index contributed by atoms with van der Waals surface area (Å²) in [4.78, 5) is 0. The number of ether oxygens (including phenoxy) is 1. The molecule has 2 heteroatoms. The Morgan fingerprint density at radius 1 is 1.24 bits per heavy atom. The van der Waals surface area contributed by atoms with Gasteiger partial charge in [0.25, 0.3) is 0 Å². The van der Waals surface area contributed by atoms with Gasteiger partial charge in [-0.3, -0.25) is 0 Å². The summed E-state index contributed by atoms with van der Waals surface area (Å²) < 4.78 is 5.88. The van der Waals surface area contributed by atoms with Crippen molar-refractivity contribution >= 4 is 0 Å². The van der Waals surface area contributed by atoms with Crippen molar-refractivity contribution in [2.45, 2.75) is 38.4 Å². The average molecular weight is 230 g/mol. The highest BCUT2D eigenvalue weighted by Crippen LogP contribution is 2.22. The summed E-state index contributed by atoms with van der Waals surface area (Å²) in [5.74, 6) is 5.64. The van der Waals surface area contributed by atoms with Crippen LogP contribution >= 0.6 is 0 Å². The van der Waals surface area contributed by atoms with E-state index < -0.39 is 0 Å². The fourth-order valence-corrected chi connectivity index (χ4v) is 2.17. The minimum Gasteiger partial charge on any atom is -0.384 e. The van der Waals surface area contributed by atoms with Gasteiger partial charge in [0.2, 0.25) is 0 Å². The molecule has 1 saturated carbocycles. The molecular weight excluding hydrogens is 212 g/mol. The Morgan fingerprint density at radius 3 is 2.76 bits per heavy atom. The minimum atomic E-state index is -0.0994. The lowest BCUT2D eigenvalue weighted by molar-refractivity contribution is 0.0456. The lowest BCUT2D eigenvalue weighted by Crippen LogP contribution is -2.07. The quantitative estimate of drug-likeness (QED) is 0.808. The molecule has 0 bridgehead atoms. The van der Waals surface area contributed by atoms with Crippen molar-refractivity contribution in [2.75, 3.05) is 6.61 Å². The molecule has 1 aliphatic rings. The van der Waals surface area contributed by atoms with Gasteiger partial charge in [0.1, 0.15) is 6.61 Å². The van der Waals surface area contributed by atoms with Crippen molar-refractivity contribution in [1.29, 1.82) is 0 Å². The van der Waals surface area contributed by atoms with Crippen molar-refractivity contribution in [3.63, 3.8) is 0 Å². The number of aliphatic hydroxyl groups excluding tert-OH is 1. The molecule has 1 fully saturated rings. The molecule has 1 aromatic carbocycles. The van der Waals surface area contributed by atoms with Crippen LogP contribution in [0.15, 0.2) is 24.3 Å². The molecule has 0 spiro atoms. The molecule has 1 aromatic rings. The highest BCUT2D eigenvalue weighted by atomic mass is 16.5.